The van der Waals surface area contributed by atoms with E-state index >= 15 is 0 Å². The van der Waals surface area contributed by atoms with Gasteiger partial charge >= 0.3 is 5.97 Å². The maximum absolute atomic E-state index is 13.7. The molecule has 0 amide bonds. The lowest BCUT2D eigenvalue weighted by Gasteiger charge is -2.09. The minimum Gasteiger partial charge on any atom is -0.465 e. The number of ether oxygens (including phenoxy) is 1. The lowest BCUT2D eigenvalue weighted by atomic mass is 10.2. The molecule has 2 rings (SSSR count). The molecule has 1 N–H and O–H groups in total. The minimum atomic E-state index is -4.10. The van der Waals surface area contributed by atoms with E-state index in [0.717, 1.165) is 12.1 Å². The molecule has 116 valence electrons. The molecule has 2 aromatic rings. The van der Waals surface area contributed by atoms with Gasteiger partial charge in [-0.1, -0.05) is 11.6 Å². The average molecular weight is 344 g/mol. The van der Waals surface area contributed by atoms with E-state index in [1.54, 1.807) is 0 Å². The van der Waals surface area contributed by atoms with E-state index in [4.69, 9.17) is 11.6 Å². The smallest absolute Gasteiger partial charge is 0.337 e. The summed E-state index contributed by atoms with van der Waals surface area (Å²) < 4.78 is 44.7. The van der Waals surface area contributed by atoms with Crippen LogP contribution < -0.4 is 4.72 Å². The summed E-state index contributed by atoms with van der Waals surface area (Å²) in [5, 5.41) is 0.0962. The van der Waals surface area contributed by atoms with Gasteiger partial charge in [0.15, 0.2) is 0 Å². The van der Waals surface area contributed by atoms with Crippen LogP contribution in [0.3, 0.4) is 0 Å². The van der Waals surface area contributed by atoms with Gasteiger partial charge in [-0.05, 0) is 42.5 Å². The Bertz CT molecular complexity index is 806. The molecule has 0 aromatic heterocycles. The fourth-order valence-corrected chi connectivity index (χ4v) is 2.97. The first-order valence-electron chi connectivity index (χ1n) is 6.00. The van der Waals surface area contributed by atoms with Crippen LogP contribution in [0, 0.1) is 5.82 Å². The van der Waals surface area contributed by atoms with E-state index in [2.05, 4.69) is 9.46 Å². The molecule has 0 fully saturated rings. The highest BCUT2D eigenvalue weighted by atomic mass is 35.5. The molecule has 5 nitrogen and oxygen atoms in total. The second-order valence-corrected chi connectivity index (χ2v) is 6.34. The van der Waals surface area contributed by atoms with E-state index in [-0.39, 0.29) is 16.3 Å². The zero-order valence-electron chi connectivity index (χ0n) is 11.3. The zero-order chi connectivity index (χ0) is 16.3. The van der Waals surface area contributed by atoms with Gasteiger partial charge in [0.25, 0.3) is 10.0 Å². The number of halogens is 2. The topological polar surface area (TPSA) is 72.5 Å². The van der Waals surface area contributed by atoms with Crippen LogP contribution in [0.5, 0.6) is 0 Å². The Labute approximate surface area is 131 Å². The summed E-state index contributed by atoms with van der Waals surface area (Å²) in [6.45, 7) is 0. The van der Waals surface area contributed by atoms with Crippen molar-refractivity contribution >= 4 is 33.3 Å². The highest BCUT2D eigenvalue weighted by molar-refractivity contribution is 7.92. The number of carbonyl (C=O) groups is 1. The fraction of sp³-hybridized carbons (Fsp3) is 0.0714. The van der Waals surface area contributed by atoms with Gasteiger partial charge in [0.1, 0.15) is 10.7 Å². The van der Waals surface area contributed by atoms with Crippen molar-refractivity contribution in [1.29, 1.82) is 0 Å². The first kappa shape index (κ1) is 16.3. The summed E-state index contributed by atoms with van der Waals surface area (Å²) in [6.07, 6.45) is 0. The molecule has 8 heteroatoms. The molecule has 0 saturated carbocycles. The highest BCUT2D eigenvalue weighted by Crippen LogP contribution is 2.22. The molecular weight excluding hydrogens is 333 g/mol. The molecular formula is C14H11ClFNO4S. The number of benzene rings is 2. The lowest BCUT2D eigenvalue weighted by molar-refractivity contribution is 0.0601. The molecule has 0 bridgehead atoms. The third-order valence-corrected chi connectivity index (χ3v) is 4.39. The van der Waals surface area contributed by atoms with Crippen LogP contribution in [-0.4, -0.2) is 21.5 Å². The number of esters is 1. The van der Waals surface area contributed by atoms with Crippen LogP contribution in [0.4, 0.5) is 10.1 Å². The van der Waals surface area contributed by atoms with E-state index in [0.29, 0.717) is 0 Å². The SMILES string of the molecule is COC(=O)c1ccc(NS(=O)(=O)c2ccc(Cl)cc2F)cc1. The van der Waals surface area contributed by atoms with Gasteiger partial charge in [0.2, 0.25) is 0 Å². The van der Waals surface area contributed by atoms with E-state index in [1.165, 1.54) is 37.4 Å². The fourth-order valence-electron chi connectivity index (χ4n) is 1.70. The zero-order valence-corrected chi connectivity index (χ0v) is 12.9. The van der Waals surface area contributed by atoms with E-state index in [9.17, 15) is 17.6 Å². The molecule has 2 aromatic carbocycles. The van der Waals surface area contributed by atoms with Gasteiger partial charge in [-0.2, -0.15) is 0 Å². The van der Waals surface area contributed by atoms with Crippen LogP contribution in [-0.2, 0) is 14.8 Å². The summed E-state index contributed by atoms with van der Waals surface area (Å²) in [4.78, 5) is 10.8. The van der Waals surface area contributed by atoms with Crippen molar-refractivity contribution in [3.05, 3.63) is 58.9 Å². The maximum atomic E-state index is 13.7. The van der Waals surface area contributed by atoms with Crippen LogP contribution in [0.25, 0.3) is 0 Å². The van der Waals surface area contributed by atoms with E-state index in [1.807, 2.05) is 0 Å². The third-order valence-electron chi connectivity index (χ3n) is 2.74. The second-order valence-electron chi connectivity index (χ2n) is 4.25. The third kappa shape index (κ3) is 3.55. The molecule has 0 saturated heterocycles. The number of hydrogen-bond acceptors (Lipinski definition) is 4. The lowest BCUT2D eigenvalue weighted by Crippen LogP contribution is -2.14. The molecule has 0 spiro atoms. The van der Waals surface area contributed by atoms with Gasteiger partial charge < -0.3 is 4.74 Å². The van der Waals surface area contributed by atoms with Crippen molar-refractivity contribution in [2.75, 3.05) is 11.8 Å². The molecule has 0 unspecified atom stereocenters. The Morgan fingerprint density at radius 1 is 1.18 bits per heavy atom. The Morgan fingerprint density at radius 3 is 2.36 bits per heavy atom. The number of rotatable bonds is 4. The summed E-state index contributed by atoms with van der Waals surface area (Å²) in [6, 6.07) is 8.79. The number of sulfonamides is 1. The Morgan fingerprint density at radius 2 is 1.82 bits per heavy atom. The Hall–Kier alpha value is -2.12. The van der Waals surface area contributed by atoms with Crippen molar-refractivity contribution in [1.82, 2.24) is 0 Å². The van der Waals surface area contributed by atoms with Gasteiger partial charge in [0, 0.05) is 10.7 Å². The quantitative estimate of drug-likeness (QED) is 0.866. The summed E-state index contributed by atoms with van der Waals surface area (Å²) in [5.41, 5.74) is 0.449. The van der Waals surface area contributed by atoms with Crippen LogP contribution in [0.15, 0.2) is 47.4 Å². The van der Waals surface area contributed by atoms with Crippen LogP contribution in [0.2, 0.25) is 5.02 Å². The predicted octanol–water partition coefficient (Wildman–Crippen LogP) is 3.07. The number of nitrogens with one attached hydrogen (secondary N) is 1. The number of hydrogen-bond donors (Lipinski definition) is 1. The van der Waals surface area contributed by atoms with Gasteiger partial charge in [-0.15, -0.1) is 0 Å². The minimum absolute atomic E-state index is 0.0962. The first-order chi connectivity index (χ1) is 10.3. The number of carbonyl (C=O) groups excluding carboxylic acids is 1. The summed E-state index contributed by atoms with van der Waals surface area (Å²) in [5.74, 6) is -1.50. The average Bonchev–Trinajstić information content (AvgIpc) is 2.46. The van der Waals surface area contributed by atoms with E-state index < -0.39 is 26.7 Å². The standard InChI is InChI=1S/C14H11ClFNO4S/c1-21-14(18)9-2-5-11(6-3-9)17-22(19,20)13-7-4-10(15)8-12(13)16/h2-8,17H,1H3. The Balaban J connectivity index is 2.27. The second kappa shape index (κ2) is 6.33. The molecule has 0 aliphatic rings. The van der Waals surface area contributed by atoms with Gasteiger partial charge in [-0.25, -0.2) is 17.6 Å². The number of methoxy groups -OCH3 is 1. The van der Waals surface area contributed by atoms with Crippen molar-refractivity contribution in [3.8, 4) is 0 Å². The summed E-state index contributed by atoms with van der Waals surface area (Å²) in [7, 11) is -2.86. The van der Waals surface area contributed by atoms with Gasteiger partial charge in [-0.3, -0.25) is 4.72 Å². The summed E-state index contributed by atoms with van der Waals surface area (Å²) >= 11 is 5.59. The largest absolute Gasteiger partial charge is 0.465 e. The molecule has 0 radical (unpaired) electrons. The molecule has 0 aliphatic heterocycles. The normalized spacial score (nSPS) is 11.0. The van der Waals surface area contributed by atoms with Crippen LogP contribution in [0.1, 0.15) is 10.4 Å². The monoisotopic (exact) mass is 343 g/mol. The molecule has 22 heavy (non-hydrogen) atoms. The first-order valence-corrected chi connectivity index (χ1v) is 7.86. The van der Waals surface area contributed by atoms with Crippen LogP contribution >= 0.6 is 11.6 Å². The Kier molecular flexibility index (Phi) is 4.68. The van der Waals surface area contributed by atoms with Crippen molar-refractivity contribution in [2.24, 2.45) is 0 Å². The number of anilines is 1. The maximum Gasteiger partial charge on any atom is 0.337 e. The highest BCUT2D eigenvalue weighted by Gasteiger charge is 2.19. The van der Waals surface area contributed by atoms with Crippen molar-refractivity contribution < 1.29 is 22.3 Å². The van der Waals surface area contributed by atoms with Crippen molar-refractivity contribution in [3.63, 3.8) is 0 Å². The predicted molar refractivity (Wildman–Crippen MR) is 80.0 cm³/mol. The van der Waals surface area contributed by atoms with Gasteiger partial charge in [0.05, 0.1) is 12.7 Å². The molecule has 0 atom stereocenters. The molecule has 0 heterocycles. The van der Waals surface area contributed by atoms with Crippen molar-refractivity contribution in [2.45, 2.75) is 4.90 Å². The molecule has 0 aliphatic carbocycles.